The predicted octanol–water partition coefficient (Wildman–Crippen LogP) is 4.37. The van der Waals surface area contributed by atoms with E-state index in [1.165, 1.54) is 41.5 Å². The Hall–Kier alpha value is 0.130. The molecule has 114 valence electrons. The van der Waals surface area contributed by atoms with Gasteiger partial charge < -0.3 is 0 Å². The molecule has 0 bridgehead atoms. The number of nitrogens with zero attached hydrogens (tertiary/aromatic N) is 3. The van der Waals surface area contributed by atoms with E-state index >= 15 is 0 Å². The summed E-state index contributed by atoms with van der Waals surface area (Å²) in [4.78, 5) is 2.63. The van der Waals surface area contributed by atoms with Crippen molar-refractivity contribution in [2.24, 2.45) is 0 Å². The van der Waals surface area contributed by atoms with E-state index in [1.807, 2.05) is 0 Å². The van der Waals surface area contributed by atoms with Crippen LogP contribution in [0.5, 0.6) is 0 Å². The molecule has 1 heterocycles. The van der Waals surface area contributed by atoms with Gasteiger partial charge in [0.2, 0.25) is 0 Å². The molecule has 5 heteroatoms. The van der Waals surface area contributed by atoms with E-state index in [-0.39, 0.29) is 0 Å². The zero-order valence-corrected chi connectivity index (χ0v) is 15.7. The first-order valence-electron chi connectivity index (χ1n) is 7.75. The van der Waals surface area contributed by atoms with Crippen molar-refractivity contribution < 1.29 is 0 Å². The minimum absolute atomic E-state index is 0.754. The number of alkyl halides is 1. The number of aromatic nitrogens is 2. The summed E-state index contributed by atoms with van der Waals surface area (Å²) < 4.78 is 3.39. The molecule has 0 saturated heterocycles. The van der Waals surface area contributed by atoms with Crippen LogP contribution in [-0.2, 0) is 19.5 Å². The first-order valence-corrected chi connectivity index (χ1v) is 9.66. The number of halogens is 2. The van der Waals surface area contributed by atoms with Gasteiger partial charge in [-0.25, -0.2) is 0 Å². The summed E-state index contributed by atoms with van der Waals surface area (Å²) in [6, 6.07) is 0.754. The van der Waals surface area contributed by atoms with Gasteiger partial charge in [0.05, 0.1) is 15.9 Å². The molecule has 1 fully saturated rings. The standard InChI is InChI=1S/C15H25Br2N3/c1-3-13-15(17)14(20(4-2)18-13)11-19(10-9-16)12-7-5-6-8-12/h12H,3-11H2,1-2H3. The van der Waals surface area contributed by atoms with Gasteiger partial charge in [0, 0.05) is 31.0 Å². The molecule has 1 aromatic heterocycles. The molecule has 0 atom stereocenters. The average molecular weight is 407 g/mol. The number of aryl methyl sites for hydroxylation is 2. The van der Waals surface area contributed by atoms with Gasteiger partial charge in [-0.3, -0.25) is 9.58 Å². The second-order valence-corrected chi connectivity index (χ2v) is 7.06. The molecular weight excluding hydrogens is 382 g/mol. The maximum atomic E-state index is 4.72. The Morgan fingerprint density at radius 1 is 1.30 bits per heavy atom. The van der Waals surface area contributed by atoms with Gasteiger partial charge in [0.1, 0.15) is 0 Å². The van der Waals surface area contributed by atoms with Gasteiger partial charge in [-0.1, -0.05) is 35.7 Å². The molecule has 3 nitrogen and oxygen atoms in total. The van der Waals surface area contributed by atoms with Crippen molar-refractivity contribution >= 4 is 31.9 Å². The Kier molecular flexibility index (Phi) is 6.56. The molecule has 0 aromatic carbocycles. The lowest BCUT2D eigenvalue weighted by molar-refractivity contribution is 0.196. The second kappa shape index (κ2) is 7.95. The average Bonchev–Trinajstić information content (AvgIpc) is 3.07. The van der Waals surface area contributed by atoms with Crippen LogP contribution < -0.4 is 0 Å². The number of hydrogen-bond donors (Lipinski definition) is 0. The summed E-state index contributed by atoms with van der Waals surface area (Å²) in [5, 5.41) is 5.76. The lowest BCUT2D eigenvalue weighted by Gasteiger charge is -2.28. The fraction of sp³-hybridized carbons (Fsp3) is 0.800. The van der Waals surface area contributed by atoms with Crippen LogP contribution in [0.4, 0.5) is 0 Å². The molecule has 1 aliphatic rings. The quantitative estimate of drug-likeness (QED) is 0.627. The lowest BCUT2D eigenvalue weighted by atomic mass is 10.2. The highest BCUT2D eigenvalue weighted by Crippen LogP contribution is 2.28. The molecule has 1 aromatic rings. The van der Waals surface area contributed by atoms with E-state index in [0.29, 0.717) is 0 Å². The molecule has 20 heavy (non-hydrogen) atoms. The van der Waals surface area contributed by atoms with Crippen LogP contribution in [0.25, 0.3) is 0 Å². The highest BCUT2D eigenvalue weighted by atomic mass is 79.9. The highest BCUT2D eigenvalue weighted by Gasteiger charge is 2.24. The second-order valence-electron chi connectivity index (χ2n) is 5.47. The molecule has 0 N–H and O–H groups in total. The Balaban J connectivity index is 2.18. The summed E-state index contributed by atoms with van der Waals surface area (Å²) in [7, 11) is 0. The monoisotopic (exact) mass is 405 g/mol. The third-order valence-electron chi connectivity index (χ3n) is 4.26. The maximum Gasteiger partial charge on any atom is 0.0767 e. The van der Waals surface area contributed by atoms with Crippen molar-refractivity contribution in [3.8, 4) is 0 Å². The summed E-state index contributed by atoms with van der Waals surface area (Å²) in [5.74, 6) is 0. The molecule has 0 aliphatic heterocycles. The number of hydrogen-bond acceptors (Lipinski definition) is 2. The van der Waals surface area contributed by atoms with Gasteiger partial charge in [-0.2, -0.15) is 5.10 Å². The molecule has 1 aliphatic carbocycles. The summed E-state index contributed by atoms with van der Waals surface area (Å²) in [6.45, 7) is 7.42. The van der Waals surface area contributed by atoms with Gasteiger partial charge in [-0.15, -0.1) is 0 Å². The van der Waals surface area contributed by atoms with Crippen molar-refractivity contribution in [3.63, 3.8) is 0 Å². The van der Waals surface area contributed by atoms with Crippen LogP contribution in [0.15, 0.2) is 4.47 Å². The fourth-order valence-electron chi connectivity index (χ4n) is 3.13. The lowest BCUT2D eigenvalue weighted by Crippen LogP contribution is -2.35. The Morgan fingerprint density at radius 2 is 2.00 bits per heavy atom. The highest BCUT2D eigenvalue weighted by molar-refractivity contribution is 9.10. The molecule has 0 amide bonds. The number of rotatable bonds is 7. The topological polar surface area (TPSA) is 21.1 Å². The van der Waals surface area contributed by atoms with Crippen molar-refractivity contribution in [1.29, 1.82) is 0 Å². The summed E-state index contributed by atoms with van der Waals surface area (Å²) in [6.07, 6.45) is 6.47. The van der Waals surface area contributed by atoms with Gasteiger partial charge in [-0.05, 0) is 42.1 Å². The van der Waals surface area contributed by atoms with E-state index in [1.54, 1.807) is 0 Å². The maximum absolute atomic E-state index is 4.72. The molecule has 2 rings (SSSR count). The van der Waals surface area contributed by atoms with Crippen LogP contribution >= 0.6 is 31.9 Å². The first kappa shape index (κ1) is 16.5. The van der Waals surface area contributed by atoms with Crippen molar-refractivity contribution in [1.82, 2.24) is 14.7 Å². The Morgan fingerprint density at radius 3 is 2.55 bits per heavy atom. The van der Waals surface area contributed by atoms with Crippen LogP contribution in [-0.4, -0.2) is 32.6 Å². The normalized spacial score (nSPS) is 16.4. The van der Waals surface area contributed by atoms with Gasteiger partial charge in [0.15, 0.2) is 0 Å². The van der Waals surface area contributed by atoms with Crippen molar-refractivity contribution in [2.75, 3.05) is 11.9 Å². The fourth-order valence-corrected chi connectivity index (χ4v) is 4.27. The van der Waals surface area contributed by atoms with Crippen LogP contribution in [0.3, 0.4) is 0 Å². The van der Waals surface area contributed by atoms with E-state index < -0.39 is 0 Å². The van der Waals surface area contributed by atoms with E-state index in [0.717, 1.165) is 37.4 Å². The largest absolute Gasteiger partial charge is 0.294 e. The Labute approximate surface area is 139 Å². The van der Waals surface area contributed by atoms with Crippen LogP contribution in [0, 0.1) is 0 Å². The first-order chi connectivity index (χ1) is 9.71. The Bertz CT molecular complexity index is 425. The minimum atomic E-state index is 0.754. The predicted molar refractivity (Wildman–Crippen MR) is 91.4 cm³/mol. The van der Waals surface area contributed by atoms with E-state index in [9.17, 15) is 0 Å². The molecule has 1 saturated carbocycles. The zero-order chi connectivity index (χ0) is 14.5. The van der Waals surface area contributed by atoms with Crippen molar-refractivity contribution in [2.45, 2.75) is 65.1 Å². The molecule has 0 unspecified atom stereocenters. The van der Waals surface area contributed by atoms with Gasteiger partial charge >= 0.3 is 0 Å². The van der Waals surface area contributed by atoms with Crippen molar-refractivity contribution in [3.05, 3.63) is 15.9 Å². The smallest absolute Gasteiger partial charge is 0.0767 e. The van der Waals surface area contributed by atoms with E-state index in [2.05, 4.69) is 55.3 Å². The van der Waals surface area contributed by atoms with Gasteiger partial charge in [0.25, 0.3) is 0 Å². The van der Waals surface area contributed by atoms with E-state index in [4.69, 9.17) is 5.10 Å². The summed E-state index contributed by atoms with van der Waals surface area (Å²) >= 11 is 7.38. The molecule has 0 radical (unpaired) electrons. The van der Waals surface area contributed by atoms with Crippen LogP contribution in [0.2, 0.25) is 0 Å². The third kappa shape index (κ3) is 3.66. The SMILES string of the molecule is CCc1nn(CC)c(CN(CCBr)C2CCCC2)c1Br. The summed E-state index contributed by atoms with van der Waals surface area (Å²) in [5.41, 5.74) is 2.53. The zero-order valence-electron chi connectivity index (χ0n) is 12.5. The van der Waals surface area contributed by atoms with Crippen LogP contribution in [0.1, 0.15) is 50.9 Å². The minimum Gasteiger partial charge on any atom is -0.294 e. The third-order valence-corrected chi connectivity index (χ3v) is 5.53. The molecular formula is C15H25Br2N3. The molecule has 0 spiro atoms.